The van der Waals surface area contributed by atoms with Crippen LogP contribution in [0.4, 0.5) is 0 Å². The van der Waals surface area contributed by atoms with Crippen molar-refractivity contribution in [1.82, 2.24) is 0 Å². The first-order valence-corrected chi connectivity index (χ1v) is 4.73. The minimum atomic E-state index is 0. The summed E-state index contributed by atoms with van der Waals surface area (Å²) in [7, 11) is 0. The van der Waals surface area contributed by atoms with Gasteiger partial charge in [-0.3, -0.25) is 0 Å². The maximum atomic E-state index is 3.67. The van der Waals surface area contributed by atoms with Crippen LogP contribution in [0.5, 0.6) is 0 Å². The average molecular weight is 246 g/mol. The van der Waals surface area contributed by atoms with Crippen molar-refractivity contribution in [2.75, 3.05) is 6.26 Å². The van der Waals surface area contributed by atoms with E-state index in [1.54, 1.807) is 11.8 Å². The first kappa shape index (κ1) is 11.7. The van der Waals surface area contributed by atoms with Crippen molar-refractivity contribution >= 4 is 11.8 Å². The summed E-state index contributed by atoms with van der Waals surface area (Å²) in [5.41, 5.74) is 0. The van der Waals surface area contributed by atoms with Gasteiger partial charge in [0.2, 0.25) is 0 Å². The van der Waals surface area contributed by atoms with Crippen molar-refractivity contribution in [2.24, 2.45) is 0 Å². The number of hydrogen-bond donors (Lipinski definition) is 0. The summed E-state index contributed by atoms with van der Waals surface area (Å²) in [6.45, 7) is 4.56. The molecule has 0 unspecified atom stereocenters. The van der Waals surface area contributed by atoms with E-state index in [4.69, 9.17) is 0 Å². The van der Waals surface area contributed by atoms with Crippen LogP contribution >= 0.6 is 11.8 Å². The molecule has 0 fully saturated rings. The molecular formula is C9H12BrNS. The minimum absolute atomic E-state index is 0. The number of aromatic nitrogens is 1. The van der Waals surface area contributed by atoms with E-state index in [0.717, 1.165) is 6.54 Å². The molecule has 1 aromatic heterocycles. The summed E-state index contributed by atoms with van der Waals surface area (Å²) in [6, 6.07) is 4.21. The van der Waals surface area contributed by atoms with Crippen LogP contribution in [0.25, 0.3) is 0 Å². The predicted molar refractivity (Wildman–Crippen MR) is 48.6 cm³/mol. The van der Waals surface area contributed by atoms with Crippen LogP contribution in [0.15, 0.2) is 42.1 Å². The van der Waals surface area contributed by atoms with Gasteiger partial charge in [-0.1, -0.05) is 6.58 Å². The molecule has 66 valence electrons. The number of pyridine rings is 1. The van der Waals surface area contributed by atoms with Crippen molar-refractivity contribution in [2.45, 2.75) is 11.4 Å². The Kier molecular flexibility index (Phi) is 6.11. The Hall–Kier alpha value is -0.280. The van der Waals surface area contributed by atoms with Gasteiger partial charge in [0.1, 0.15) is 0 Å². The van der Waals surface area contributed by atoms with Gasteiger partial charge in [0.25, 0.3) is 0 Å². The van der Waals surface area contributed by atoms with E-state index in [1.165, 1.54) is 4.90 Å². The first-order chi connectivity index (χ1) is 5.36. The van der Waals surface area contributed by atoms with Gasteiger partial charge in [-0.2, -0.15) is 0 Å². The largest absolute Gasteiger partial charge is 1.00 e. The molecule has 0 aromatic carbocycles. The third-order valence-electron chi connectivity index (χ3n) is 1.44. The fourth-order valence-electron chi connectivity index (χ4n) is 0.851. The standard InChI is InChI=1S/C9H12NS.BrH/c1-3-6-10-7-4-9(11-2)5-8-10;/h3-5,7-8H,1,6H2,2H3;1H/q+1;/p-1. The number of allylic oxidation sites excluding steroid dienone is 1. The molecule has 0 N–H and O–H groups in total. The second-order valence-electron chi connectivity index (χ2n) is 2.22. The zero-order valence-corrected chi connectivity index (χ0v) is 9.44. The quantitative estimate of drug-likeness (QED) is 0.371. The fraction of sp³-hybridized carbons (Fsp3) is 0.222. The fourth-order valence-corrected chi connectivity index (χ4v) is 1.24. The number of rotatable bonds is 3. The molecule has 1 aromatic rings. The second kappa shape index (κ2) is 6.26. The Morgan fingerprint density at radius 2 is 2.08 bits per heavy atom. The minimum Gasteiger partial charge on any atom is -1.00 e. The highest BCUT2D eigenvalue weighted by atomic mass is 79.9. The van der Waals surface area contributed by atoms with Gasteiger partial charge in [-0.15, -0.1) is 11.8 Å². The summed E-state index contributed by atoms with van der Waals surface area (Å²) in [4.78, 5) is 1.30. The number of halogens is 1. The summed E-state index contributed by atoms with van der Waals surface area (Å²) < 4.78 is 2.09. The molecule has 1 heterocycles. The van der Waals surface area contributed by atoms with Crippen molar-refractivity contribution in [3.63, 3.8) is 0 Å². The lowest BCUT2D eigenvalue weighted by atomic mass is 10.4. The Balaban J connectivity index is 0.00000121. The van der Waals surface area contributed by atoms with E-state index < -0.39 is 0 Å². The van der Waals surface area contributed by atoms with Gasteiger partial charge < -0.3 is 17.0 Å². The van der Waals surface area contributed by atoms with Crippen LogP contribution in [-0.4, -0.2) is 6.26 Å². The summed E-state index contributed by atoms with van der Waals surface area (Å²) in [5, 5.41) is 0. The van der Waals surface area contributed by atoms with Gasteiger partial charge >= 0.3 is 0 Å². The molecule has 0 aliphatic rings. The van der Waals surface area contributed by atoms with Crippen LogP contribution in [0.2, 0.25) is 0 Å². The van der Waals surface area contributed by atoms with Crippen molar-refractivity contribution in [3.8, 4) is 0 Å². The SMILES string of the molecule is C=CC[n+]1ccc(SC)cc1.[Br-]. The maximum Gasteiger partial charge on any atom is 0.170 e. The number of hydrogen-bond acceptors (Lipinski definition) is 1. The lowest BCUT2D eigenvalue weighted by molar-refractivity contribution is -0.687. The molecule has 0 spiro atoms. The summed E-state index contributed by atoms with van der Waals surface area (Å²) >= 11 is 1.76. The van der Waals surface area contributed by atoms with Crippen LogP contribution in [0.1, 0.15) is 0 Å². The Morgan fingerprint density at radius 3 is 2.50 bits per heavy atom. The van der Waals surface area contributed by atoms with Crippen molar-refractivity contribution in [3.05, 3.63) is 37.2 Å². The lowest BCUT2D eigenvalue weighted by Gasteiger charge is -1.93. The van der Waals surface area contributed by atoms with E-state index >= 15 is 0 Å². The topological polar surface area (TPSA) is 3.88 Å². The Labute approximate surface area is 88.3 Å². The highest BCUT2D eigenvalue weighted by Gasteiger charge is 1.95. The third kappa shape index (κ3) is 3.41. The molecule has 0 radical (unpaired) electrons. The molecule has 1 rings (SSSR count). The van der Waals surface area contributed by atoms with Crippen molar-refractivity contribution in [1.29, 1.82) is 0 Å². The van der Waals surface area contributed by atoms with E-state index in [9.17, 15) is 0 Å². The zero-order valence-electron chi connectivity index (χ0n) is 7.03. The smallest absolute Gasteiger partial charge is 0.170 e. The van der Waals surface area contributed by atoms with E-state index in [2.05, 4.69) is 41.9 Å². The molecular weight excluding hydrogens is 234 g/mol. The van der Waals surface area contributed by atoms with Gasteiger partial charge in [0.05, 0.1) is 0 Å². The second-order valence-corrected chi connectivity index (χ2v) is 3.10. The summed E-state index contributed by atoms with van der Waals surface area (Å²) in [6.07, 6.45) is 8.09. The summed E-state index contributed by atoms with van der Waals surface area (Å²) in [5.74, 6) is 0. The van der Waals surface area contributed by atoms with E-state index in [0.29, 0.717) is 0 Å². The van der Waals surface area contributed by atoms with E-state index in [-0.39, 0.29) is 17.0 Å². The highest BCUT2D eigenvalue weighted by molar-refractivity contribution is 7.98. The molecule has 0 atom stereocenters. The van der Waals surface area contributed by atoms with E-state index in [1.807, 2.05) is 6.08 Å². The average Bonchev–Trinajstić information content (AvgIpc) is 2.07. The molecule has 1 nitrogen and oxygen atoms in total. The van der Waals surface area contributed by atoms with Gasteiger partial charge in [-0.05, 0) is 12.3 Å². The van der Waals surface area contributed by atoms with Crippen LogP contribution in [0, 0.1) is 0 Å². The van der Waals surface area contributed by atoms with Crippen LogP contribution in [0.3, 0.4) is 0 Å². The van der Waals surface area contributed by atoms with Gasteiger partial charge in [0, 0.05) is 17.0 Å². The third-order valence-corrected chi connectivity index (χ3v) is 2.18. The highest BCUT2D eigenvalue weighted by Crippen LogP contribution is 2.10. The van der Waals surface area contributed by atoms with Crippen molar-refractivity contribution < 1.29 is 21.5 Å². The number of nitrogens with zero attached hydrogens (tertiary/aromatic N) is 1. The Morgan fingerprint density at radius 1 is 1.50 bits per heavy atom. The predicted octanol–water partition coefficient (Wildman–Crippen LogP) is -1.11. The molecule has 0 aliphatic heterocycles. The molecule has 0 saturated heterocycles. The molecule has 0 aliphatic carbocycles. The molecule has 0 bridgehead atoms. The van der Waals surface area contributed by atoms with Gasteiger partial charge in [-0.25, -0.2) is 4.57 Å². The van der Waals surface area contributed by atoms with Crippen LogP contribution in [-0.2, 0) is 6.54 Å². The monoisotopic (exact) mass is 245 g/mol. The van der Waals surface area contributed by atoms with Gasteiger partial charge in [0.15, 0.2) is 18.9 Å². The Bertz CT molecular complexity index is 233. The first-order valence-electron chi connectivity index (χ1n) is 3.51. The zero-order chi connectivity index (χ0) is 8.10. The normalized spacial score (nSPS) is 8.75. The molecule has 0 saturated carbocycles. The maximum absolute atomic E-state index is 3.67. The molecule has 12 heavy (non-hydrogen) atoms. The number of thioether (sulfide) groups is 1. The lowest BCUT2D eigenvalue weighted by Crippen LogP contribution is -3.00. The molecule has 3 heteroatoms. The van der Waals surface area contributed by atoms with Crippen LogP contribution < -0.4 is 21.5 Å². The molecule has 0 amide bonds.